The lowest BCUT2D eigenvalue weighted by Gasteiger charge is -2.12. The smallest absolute Gasteiger partial charge is 0.157 e. The maximum absolute atomic E-state index is 5.79. The lowest BCUT2D eigenvalue weighted by Crippen LogP contribution is -2.15. The van der Waals surface area contributed by atoms with E-state index in [0.29, 0.717) is 21.9 Å². The number of hydrogen-bond donors (Lipinski definition) is 2. The van der Waals surface area contributed by atoms with Gasteiger partial charge in [-0.25, -0.2) is 9.97 Å². The molecule has 3 N–H and O–H groups in total. The Labute approximate surface area is 98.0 Å². The minimum atomic E-state index is 0.312. The second-order valence-corrected chi connectivity index (χ2v) is 5.21. The van der Waals surface area contributed by atoms with Crippen LogP contribution in [0.15, 0.2) is 6.33 Å². The van der Waals surface area contributed by atoms with Crippen molar-refractivity contribution in [1.29, 1.82) is 0 Å². The average molecular weight is 245 g/mol. The van der Waals surface area contributed by atoms with Gasteiger partial charge in [0.05, 0.1) is 0 Å². The average Bonchev–Trinajstić information content (AvgIpc) is 2.73. The van der Waals surface area contributed by atoms with Gasteiger partial charge in [0.2, 0.25) is 0 Å². The van der Waals surface area contributed by atoms with E-state index in [9.17, 15) is 0 Å². The molecule has 0 amide bonds. The van der Waals surface area contributed by atoms with Gasteiger partial charge in [-0.2, -0.15) is 11.8 Å². The second-order valence-electron chi connectivity index (χ2n) is 3.44. The molecule has 1 fully saturated rings. The summed E-state index contributed by atoms with van der Waals surface area (Å²) in [7, 11) is 0. The van der Waals surface area contributed by atoms with Gasteiger partial charge in [0.15, 0.2) is 11.0 Å². The van der Waals surface area contributed by atoms with Crippen LogP contribution < -0.4 is 11.1 Å². The van der Waals surface area contributed by atoms with E-state index in [2.05, 4.69) is 15.3 Å². The molecular weight excluding hydrogens is 232 g/mol. The lowest BCUT2D eigenvalue weighted by molar-refractivity contribution is 0.803. The third-order valence-electron chi connectivity index (χ3n) is 2.36. The molecule has 4 nitrogen and oxygen atoms in total. The Morgan fingerprint density at radius 3 is 3.20 bits per heavy atom. The molecule has 0 aromatic carbocycles. The summed E-state index contributed by atoms with van der Waals surface area (Å²) in [6.45, 7) is 0.891. The molecule has 2 heterocycles. The van der Waals surface area contributed by atoms with Crippen LogP contribution in [0.2, 0.25) is 5.15 Å². The Balaban J connectivity index is 1.95. The number of thioether (sulfide) groups is 1. The van der Waals surface area contributed by atoms with Gasteiger partial charge >= 0.3 is 0 Å². The highest BCUT2D eigenvalue weighted by Crippen LogP contribution is 2.27. The third-order valence-corrected chi connectivity index (χ3v) is 4.06. The standard InChI is InChI=1S/C9H13ClN4S/c10-8-7(11)9(14-5-13-8)12-4-6-2-1-3-15-6/h5-6H,1-4,11H2,(H,12,13,14). The minimum absolute atomic E-state index is 0.312. The molecule has 1 atom stereocenters. The van der Waals surface area contributed by atoms with E-state index in [-0.39, 0.29) is 0 Å². The molecule has 0 bridgehead atoms. The predicted molar refractivity (Wildman–Crippen MR) is 65.4 cm³/mol. The molecule has 0 aliphatic carbocycles. The van der Waals surface area contributed by atoms with Gasteiger partial charge < -0.3 is 11.1 Å². The fourth-order valence-corrected chi connectivity index (χ4v) is 2.87. The number of nitrogens with one attached hydrogen (secondary N) is 1. The number of rotatable bonds is 3. The van der Waals surface area contributed by atoms with Gasteiger partial charge in [0.25, 0.3) is 0 Å². The van der Waals surface area contributed by atoms with Crippen LogP contribution in [0, 0.1) is 0 Å². The highest BCUT2D eigenvalue weighted by molar-refractivity contribution is 8.00. The number of nitrogen functional groups attached to an aromatic ring is 1. The van der Waals surface area contributed by atoms with Gasteiger partial charge in [0.1, 0.15) is 12.0 Å². The molecule has 82 valence electrons. The van der Waals surface area contributed by atoms with Crippen molar-refractivity contribution in [3.05, 3.63) is 11.5 Å². The van der Waals surface area contributed by atoms with Crippen molar-refractivity contribution in [2.45, 2.75) is 18.1 Å². The van der Waals surface area contributed by atoms with E-state index in [1.807, 2.05) is 11.8 Å². The molecule has 2 rings (SSSR count). The Morgan fingerprint density at radius 1 is 1.60 bits per heavy atom. The first-order valence-electron chi connectivity index (χ1n) is 4.89. The number of aromatic nitrogens is 2. The molecule has 1 saturated heterocycles. The van der Waals surface area contributed by atoms with Crippen molar-refractivity contribution < 1.29 is 0 Å². The summed E-state index contributed by atoms with van der Waals surface area (Å²) in [6, 6.07) is 0. The Morgan fingerprint density at radius 2 is 2.47 bits per heavy atom. The van der Waals surface area contributed by atoms with E-state index in [1.165, 1.54) is 24.9 Å². The summed E-state index contributed by atoms with van der Waals surface area (Å²) in [6.07, 6.45) is 3.98. The number of nitrogens with zero attached hydrogens (tertiary/aromatic N) is 2. The van der Waals surface area contributed by atoms with Gasteiger partial charge in [0, 0.05) is 11.8 Å². The van der Waals surface area contributed by atoms with Gasteiger partial charge in [-0.3, -0.25) is 0 Å². The zero-order valence-corrected chi connectivity index (χ0v) is 9.81. The first kappa shape index (κ1) is 10.8. The number of halogens is 1. The molecule has 1 aliphatic rings. The molecule has 0 radical (unpaired) electrons. The van der Waals surface area contributed by atoms with Crippen molar-refractivity contribution in [3.8, 4) is 0 Å². The van der Waals surface area contributed by atoms with E-state index < -0.39 is 0 Å². The van der Waals surface area contributed by atoms with Gasteiger partial charge in [-0.05, 0) is 18.6 Å². The fourth-order valence-electron chi connectivity index (χ4n) is 1.53. The Hall–Kier alpha value is -0.680. The summed E-state index contributed by atoms with van der Waals surface area (Å²) in [4.78, 5) is 7.86. The van der Waals surface area contributed by atoms with Crippen LogP contribution in [-0.2, 0) is 0 Å². The molecule has 1 aromatic rings. The molecule has 0 spiro atoms. The van der Waals surface area contributed by atoms with Crippen LogP contribution in [0.3, 0.4) is 0 Å². The molecular formula is C9H13ClN4S. The highest BCUT2D eigenvalue weighted by Gasteiger charge is 2.16. The Bertz CT molecular complexity index is 341. The molecule has 1 aromatic heterocycles. The first-order chi connectivity index (χ1) is 7.27. The van der Waals surface area contributed by atoms with E-state index in [4.69, 9.17) is 17.3 Å². The second kappa shape index (κ2) is 4.90. The molecule has 1 aliphatic heterocycles. The topological polar surface area (TPSA) is 63.8 Å². The number of hydrogen-bond acceptors (Lipinski definition) is 5. The van der Waals surface area contributed by atoms with Crippen LogP contribution in [-0.4, -0.2) is 27.5 Å². The van der Waals surface area contributed by atoms with Gasteiger partial charge in [-0.1, -0.05) is 11.6 Å². The van der Waals surface area contributed by atoms with E-state index >= 15 is 0 Å². The fraction of sp³-hybridized carbons (Fsp3) is 0.556. The van der Waals surface area contributed by atoms with Crippen molar-refractivity contribution >= 4 is 34.9 Å². The summed E-state index contributed by atoms with van der Waals surface area (Å²) < 4.78 is 0. The largest absolute Gasteiger partial charge is 0.393 e. The van der Waals surface area contributed by atoms with E-state index in [1.54, 1.807) is 0 Å². The molecule has 15 heavy (non-hydrogen) atoms. The van der Waals surface area contributed by atoms with Gasteiger partial charge in [-0.15, -0.1) is 0 Å². The van der Waals surface area contributed by atoms with Crippen molar-refractivity contribution in [1.82, 2.24) is 9.97 Å². The van der Waals surface area contributed by atoms with Crippen LogP contribution >= 0.6 is 23.4 Å². The maximum Gasteiger partial charge on any atom is 0.157 e. The summed E-state index contributed by atoms with van der Waals surface area (Å²) in [5.74, 6) is 1.90. The number of nitrogens with two attached hydrogens (primary N) is 1. The number of anilines is 2. The predicted octanol–water partition coefficient (Wildman–Crippen LogP) is 2.02. The third kappa shape index (κ3) is 2.66. The monoisotopic (exact) mass is 244 g/mol. The maximum atomic E-state index is 5.79. The minimum Gasteiger partial charge on any atom is -0.393 e. The van der Waals surface area contributed by atoms with Crippen LogP contribution in [0.5, 0.6) is 0 Å². The summed E-state index contributed by atoms with van der Waals surface area (Å²) in [5.41, 5.74) is 6.17. The zero-order valence-electron chi connectivity index (χ0n) is 8.24. The van der Waals surface area contributed by atoms with E-state index in [0.717, 1.165) is 6.54 Å². The summed E-state index contributed by atoms with van der Waals surface area (Å²) >= 11 is 7.78. The van der Waals surface area contributed by atoms with Crippen molar-refractivity contribution in [2.24, 2.45) is 0 Å². The lowest BCUT2D eigenvalue weighted by atomic mass is 10.2. The van der Waals surface area contributed by atoms with Crippen molar-refractivity contribution in [3.63, 3.8) is 0 Å². The van der Waals surface area contributed by atoms with Crippen molar-refractivity contribution in [2.75, 3.05) is 23.3 Å². The van der Waals surface area contributed by atoms with Crippen LogP contribution in [0.25, 0.3) is 0 Å². The van der Waals surface area contributed by atoms with Crippen LogP contribution in [0.4, 0.5) is 11.5 Å². The van der Waals surface area contributed by atoms with Crippen LogP contribution in [0.1, 0.15) is 12.8 Å². The summed E-state index contributed by atoms with van der Waals surface area (Å²) in [5, 5.41) is 4.19. The molecule has 0 saturated carbocycles. The zero-order chi connectivity index (χ0) is 10.7. The SMILES string of the molecule is Nc1c(Cl)ncnc1NCC1CCCS1. The normalized spacial score (nSPS) is 20.5. The molecule has 1 unspecified atom stereocenters. The quantitative estimate of drug-likeness (QED) is 0.797. The Kier molecular flexibility index (Phi) is 3.53. The molecule has 6 heteroatoms. The first-order valence-corrected chi connectivity index (χ1v) is 6.31. The highest BCUT2D eigenvalue weighted by atomic mass is 35.5.